The van der Waals surface area contributed by atoms with Crippen molar-refractivity contribution in [1.29, 1.82) is 0 Å². The summed E-state index contributed by atoms with van der Waals surface area (Å²) in [5.41, 5.74) is 1.20. The fourth-order valence-corrected chi connectivity index (χ4v) is 3.74. The van der Waals surface area contributed by atoms with E-state index in [0.29, 0.717) is 23.7 Å². The number of amides is 1. The third-order valence-corrected chi connectivity index (χ3v) is 5.15. The number of aromatic nitrogens is 2. The van der Waals surface area contributed by atoms with E-state index in [1.807, 2.05) is 18.2 Å². The molecule has 1 saturated heterocycles. The van der Waals surface area contributed by atoms with Gasteiger partial charge >= 0.3 is 0 Å². The molecule has 1 aromatic carbocycles. The van der Waals surface area contributed by atoms with Gasteiger partial charge in [0.2, 0.25) is 0 Å². The van der Waals surface area contributed by atoms with Crippen molar-refractivity contribution in [2.24, 2.45) is 0 Å². The number of likely N-dealkylation sites (tertiary alicyclic amines) is 1. The van der Waals surface area contributed by atoms with Crippen LogP contribution in [-0.2, 0) is 0 Å². The van der Waals surface area contributed by atoms with Crippen LogP contribution in [0.15, 0.2) is 53.6 Å². The van der Waals surface area contributed by atoms with Crippen LogP contribution >= 0.6 is 0 Å². The zero-order valence-electron chi connectivity index (χ0n) is 15.8. The Labute approximate surface area is 162 Å². The molecule has 0 bridgehead atoms. The second kappa shape index (κ2) is 7.34. The largest absolute Gasteiger partial charge is 0.493 e. The van der Waals surface area contributed by atoms with E-state index >= 15 is 0 Å². The minimum atomic E-state index is -0.353. The fraction of sp³-hybridized carbons (Fsp3) is 0.286. The van der Waals surface area contributed by atoms with Crippen molar-refractivity contribution < 1.29 is 14.3 Å². The average molecular weight is 379 g/mol. The molecule has 7 nitrogen and oxygen atoms in total. The molecule has 0 radical (unpaired) electrons. The third-order valence-electron chi connectivity index (χ3n) is 5.15. The lowest BCUT2D eigenvalue weighted by atomic mass is 10.0. The first-order valence-electron chi connectivity index (χ1n) is 9.13. The summed E-state index contributed by atoms with van der Waals surface area (Å²) in [6.45, 7) is 0.592. The molecule has 0 saturated carbocycles. The summed E-state index contributed by atoms with van der Waals surface area (Å²) in [4.78, 5) is 32.0. The fourth-order valence-electron chi connectivity index (χ4n) is 3.74. The number of fused-ring (bicyclic) bond motifs is 1. The third kappa shape index (κ3) is 2.98. The second-order valence-corrected chi connectivity index (χ2v) is 6.68. The first kappa shape index (κ1) is 18.0. The summed E-state index contributed by atoms with van der Waals surface area (Å²) in [5, 5.41) is 0. The normalized spacial score (nSPS) is 16.4. The highest BCUT2D eigenvalue weighted by atomic mass is 16.5. The number of ether oxygens (including phenoxy) is 2. The molecule has 3 heterocycles. The molecule has 1 unspecified atom stereocenters. The van der Waals surface area contributed by atoms with Crippen LogP contribution in [0.2, 0.25) is 0 Å². The van der Waals surface area contributed by atoms with Crippen molar-refractivity contribution in [1.82, 2.24) is 14.3 Å². The summed E-state index contributed by atoms with van der Waals surface area (Å²) in [6, 6.07) is 10.8. The number of carbonyl (C=O) groups is 1. The molecule has 0 spiro atoms. The van der Waals surface area contributed by atoms with Gasteiger partial charge in [-0.15, -0.1) is 0 Å². The molecule has 4 rings (SSSR count). The maximum Gasteiger partial charge on any atom is 0.270 e. The molecule has 3 aromatic rings. The maximum atomic E-state index is 13.2. The van der Waals surface area contributed by atoms with Crippen molar-refractivity contribution in [3.63, 3.8) is 0 Å². The Morgan fingerprint density at radius 2 is 1.96 bits per heavy atom. The van der Waals surface area contributed by atoms with Crippen LogP contribution in [0.1, 0.15) is 34.8 Å². The number of hydrogen-bond acceptors (Lipinski definition) is 5. The minimum Gasteiger partial charge on any atom is -0.493 e. The molecule has 1 amide bonds. The van der Waals surface area contributed by atoms with E-state index in [4.69, 9.17) is 9.47 Å². The first-order valence-corrected chi connectivity index (χ1v) is 9.13. The SMILES string of the molecule is COc1ccc(C2CCCN2C(=O)c2cnc3ccccn3c2=O)cc1OC. The highest BCUT2D eigenvalue weighted by Crippen LogP contribution is 2.37. The van der Waals surface area contributed by atoms with Crippen molar-refractivity contribution in [3.05, 3.63) is 70.3 Å². The van der Waals surface area contributed by atoms with E-state index in [9.17, 15) is 9.59 Å². The van der Waals surface area contributed by atoms with E-state index in [1.54, 1.807) is 43.5 Å². The molecule has 144 valence electrons. The molecule has 0 N–H and O–H groups in total. The molecular formula is C21H21N3O4. The lowest BCUT2D eigenvalue weighted by Gasteiger charge is -2.25. The number of rotatable bonds is 4. The molecule has 1 aliphatic heterocycles. The van der Waals surface area contributed by atoms with Crippen LogP contribution in [0, 0.1) is 0 Å². The predicted molar refractivity (Wildman–Crippen MR) is 104 cm³/mol. The lowest BCUT2D eigenvalue weighted by Crippen LogP contribution is -2.35. The van der Waals surface area contributed by atoms with Crippen LogP contribution in [0.5, 0.6) is 11.5 Å². The summed E-state index contributed by atoms with van der Waals surface area (Å²) >= 11 is 0. The Balaban J connectivity index is 1.70. The van der Waals surface area contributed by atoms with Gasteiger partial charge in [0.1, 0.15) is 11.2 Å². The summed E-state index contributed by atoms with van der Waals surface area (Å²) in [7, 11) is 3.17. The highest BCUT2D eigenvalue weighted by molar-refractivity contribution is 5.94. The van der Waals surface area contributed by atoms with Crippen molar-refractivity contribution in [2.75, 3.05) is 20.8 Å². The van der Waals surface area contributed by atoms with Gasteiger partial charge in [-0.1, -0.05) is 12.1 Å². The molecule has 1 atom stereocenters. The number of pyridine rings is 1. The molecule has 28 heavy (non-hydrogen) atoms. The zero-order chi connectivity index (χ0) is 19.7. The Morgan fingerprint density at radius 3 is 2.75 bits per heavy atom. The van der Waals surface area contributed by atoms with E-state index in [0.717, 1.165) is 18.4 Å². The minimum absolute atomic E-state index is 0.0797. The van der Waals surface area contributed by atoms with Gasteiger partial charge in [-0.2, -0.15) is 0 Å². The van der Waals surface area contributed by atoms with Gasteiger partial charge < -0.3 is 14.4 Å². The van der Waals surface area contributed by atoms with Gasteiger partial charge in [-0.25, -0.2) is 4.98 Å². The summed E-state index contributed by atoms with van der Waals surface area (Å²) < 4.78 is 12.1. The highest BCUT2D eigenvalue weighted by Gasteiger charge is 2.32. The predicted octanol–water partition coefficient (Wildman–Crippen LogP) is 2.69. The van der Waals surface area contributed by atoms with Crippen LogP contribution in [0.4, 0.5) is 0 Å². The Hall–Kier alpha value is -3.35. The Kier molecular flexibility index (Phi) is 4.73. The molecule has 0 aliphatic carbocycles. The van der Waals surface area contributed by atoms with Gasteiger partial charge in [-0.05, 0) is 42.7 Å². The van der Waals surface area contributed by atoms with E-state index in [2.05, 4.69) is 4.98 Å². The smallest absolute Gasteiger partial charge is 0.270 e. The van der Waals surface area contributed by atoms with Crippen LogP contribution in [-0.4, -0.2) is 41.0 Å². The number of carbonyl (C=O) groups excluding carboxylic acids is 1. The first-order chi connectivity index (χ1) is 13.6. The van der Waals surface area contributed by atoms with Crippen LogP contribution < -0.4 is 15.0 Å². The van der Waals surface area contributed by atoms with E-state index in [-0.39, 0.29) is 23.1 Å². The van der Waals surface area contributed by atoms with Gasteiger partial charge in [0.25, 0.3) is 11.5 Å². The number of methoxy groups -OCH3 is 2. The maximum absolute atomic E-state index is 13.2. The number of nitrogens with zero attached hydrogens (tertiary/aromatic N) is 3. The summed E-state index contributed by atoms with van der Waals surface area (Å²) in [5.74, 6) is 0.957. The average Bonchev–Trinajstić information content (AvgIpc) is 3.23. The van der Waals surface area contributed by atoms with Gasteiger partial charge in [0.15, 0.2) is 11.5 Å². The van der Waals surface area contributed by atoms with Gasteiger partial charge in [0.05, 0.1) is 20.3 Å². The molecule has 1 aliphatic rings. The molecule has 1 fully saturated rings. The van der Waals surface area contributed by atoms with Crippen molar-refractivity contribution in [2.45, 2.75) is 18.9 Å². The van der Waals surface area contributed by atoms with Crippen LogP contribution in [0.3, 0.4) is 0 Å². The number of hydrogen-bond donors (Lipinski definition) is 0. The van der Waals surface area contributed by atoms with Crippen molar-refractivity contribution in [3.8, 4) is 11.5 Å². The van der Waals surface area contributed by atoms with Crippen LogP contribution in [0.25, 0.3) is 5.65 Å². The van der Waals surface area contributed by atoms with Crippen molar-refractivity contribution >= 4 is 11.6 Å². The van der Waals surface area contributed by atoms with E-state index in [1.165, 1.54) is 10.6 Å². The Morgan fingerprint density at radius 1 is 1.14 bits per heavy atom. The topological polar surface area (TPSA) is 73.1 Å². The standard InChI is InChI=1S/C21H21N3O4/c1-27-17-9-8-14(12-18(17)28-2)16-6-5-11-23(16)20(25)15-13-22-19-7-3-4-10-24(19)21(15)26/h3-4,7-10,12-13,16H,5-6,11H2,1-2H3. The quantitative estimate of drug-likeness (QED) is 0.697. The molecule has 7 heteroatoms. The molecule has 2 aromatic heterocycles. The molecular weight excluding hydrogens is 358 g/mol. The zero-order valence-corrected chi connectivity index (χ0v) is 15.8. The number of benzene rings is 1. The van der Waals surface area contributed by atoms with E-state index < -0.39 is 0 Å². The second-order valence-electron chi connectivity index (χ2n) is 6.68. The summed E-state index contributed by atoms with van der Waals surface area (Å²) in [6.07, 6.45) is 4.69. The Bertz CT molecular complexity index is 1090. The van der Waals surface area contributed by atoms with Gasteiger partial charge in [0, 0.05) is 18.9 Å². The van der Waals surface area contributed by atoms with Gasteiger partial charge in [-0.3, -0.25) is 14.0 Å². The lowest BCUT2D eigenvalue weighted by molar-refractivity contribution is 0.0733. The monoisotopic (exact) mass is 379 g/mol.